The molecule has 0 N–H and O–H groups in total. The molecule has 0 radical (unpaired) electrons. The predicted molar refractivity (Wildman–Crippen MR) is 72.1 cm³/mol. The van der Waals surface area contributed by atoms with E-state index in [-0.39, 0.29) is 5.41 Å². The van der Waals surface area contributed by atoms with E-state index < -0.39 is 0 Å². The summed E-state index contributed by atoms with van der Waals surface area (Å²) in [4.78, 5) is 13.6. The minimum Gasteiger partial charge on any atom is -0.303 e. The summed E-state index contributed by atoms with van der Waals surface area (Å²) < 4.78 is 0. The first kappa shape index (κ1) is 14.0. The second kappa shape index (κ2) is 6.65. The number of carbonyl (C=O) groups excluding carboxylic acids is 1. The van der Waals surface area contributed by atoms with Gasteiger partial charge in [0.1, 0.15) is 6.29 Å². The Balaban J connectivity index is 2.42. The Kier molecular flexibility index (Phi) is 5.84. The van der Waals surface area contributed by atoms with Crippen LogP contribution in [0, 0.1) is 5.41 Å². The molecule has 0 spiro atoms. The third kappa shape index (κ3) is 3.77. The number of nitrogens with zero attached hydrogens (tertiary/aromatic N) is 1. The molecule has 94 valence electrons. The molecule has 0 aromatic carbocycles. The number of thioether (sulfide) groups is 1. The van der Waals surface area contributed by atoms with Crippen LogP contribution in [0.3, 0.4) is 0 Å². The van der Waals surface area contributed by atoms with Crippen LogP contribution in [-0.2, 0) is 4.79 Å². The summed E-state index contributed by atoms with van der Waals surface area (Å²) in [6, 6.07) is 0.588. The summed E-state index contributed by atoms with van der Waals surface area (Å²) in [5, 5.41) is 0. The van der Waals surface area contributed by atoms with Crippen LogP contribution in [0.25, 0.3) is 0 Å². The Morgan fingerprint density at radius 1 is 1.44 bits per heavy atom. The minimum atomic E-state index is -0.0254. The van der Waals surface area contributed by atoms with Crippen LogP contribution in [0.4, 0.5) is 0 Å². The zero-order chi connectivity index (χ0) is 12.0. The molecular weight excluding hydrogens is 218 g/mol. The Labute approximate surface area is 104 Å². The zero-order valence-corrected chi connectivity index (χ0v) is 11.7. The van der Waals surface area contributed by atoms with Gasteiger partial charge in [0.15, 0.2) is 0 Å². The molecule has 0 bridgehead atoms. The molecule has 0 saturated heterocycles. The fraction of sp³-hybridized carbons (Fsp3) is 0.923. The molecule has 16 heavy (non-hydrogen) atoms. The van der Waals surface area contributed by atoms with E-state index in [1.54, 1.807) is 0 Å². The highest BCUT2D eigenvalue weighted by molar-refractivity contribution is 7.98. The van der Waals surface area contributed by atoms with E-state index in [1.165, 1.54) is 31.3 Å². The van der Waals surface area contributed by atoms with Gasteiger partial charge in [0.2, 0.25) is 0 Å². The van der Waals surface area contributed by atoms with Crippen molar-refractivity contribution in [1.29, 1.82) is 0 Å². The Morgan fingerprint density at radius 2 is 2.06 bits per heavy atom. The highest BCUT2D eigenvalue weighted by Gasteiger charge is 2.35. The quantitative estimate of drug-likeness (QED) is 0.641. The van der Waals surface area contributed by atoms with Crippen molar-refractivity contribution in [3.05, 3.63) is 0 Å². The van der Waals surface area contributed by atoms with Crippen LogP contribution < -0.4 is 0 Å². The monoisotopic (exact) mass is 243 g/mol. The average Bonchev–Trinajstić information content (AvgIpc) is 2.75. The van der Waals surface area contributed by atoms with E-state index >= 15 is 0 Å². The van der Waals surface area contributed by atoms with Crippen molar-refractivity contribution < 1.29 is 4.79 Å². The molecule has 1 unspecified atom stereocenters. The number of hydrogen-bond acceptors (Lipinski definition) is 3. The van der Waals surface area contributed by atoms with Gasteiger partial charge >= 0.3 is 0 Å². The first-order valence-corrected chi connectivity index (χ1v) is 7.68. The third-order valence-electron chi connectivity index (χ3n) is 3.91. The maximum absolute atomic E-state index is 11.3. The van der Waals surface area contributed by atoms with Crippen LogP contribution in [0.2, 0.25) is 0 Å². The van der Waals surface area contributed by atoms with Crippen molar-refractivity contribution in [2.24, 2.45) is 5.41 Å². The van der Waals surface area contributed by atoms with Gasteiger partial charge in [0.05, 0.1) is 0 Å². The number of carbonyl (C=O) groups is 1. The summed E-state index contributed by atoms with van der Waals surface area (Å²) in [5.41, 5.74) is -0.0254. The number of aldehydes is 1. The smallest absolute Gasteiger partial charge is 0.127 e. The van der Waals surface area contributed by atoms with Gasteiger partial charge in [-0.25, -0.2) is 0 Å². The lowest BCUT2D eigenvalue weighted by Crippen LogP contribution is -2.40. The molecular formula is C13H25NOS. The molecule has 0 amide bonds. The van der Waals surface area contributed by atoms with E-state index in [0.717, 1.165) is 19.4 Å². The maximum atomic E-state index is 11.3. The van der Waals surface area contributed by atoms with Crippen molar-refractivity contribution in [1.82, 2.24) is 4.90 Å². The molecule has 3 heteroatoms. The van der Waals surface area contributed by atoms with Crippen LogP contribution in [0.15, 0.2) is 0 Å². The standard InChI is InChI=1S/C13H25NOS/c1-12(6-9-16-3)14(2)10-13(11-15)7-4-5-8-13/h11-12H,4-10H2,1-3H3. The largest absolute Gasteiger partial charge is 0.303 e. The van der Waals surface area contributed by atoms with E-state index in [9.17, 15) is 4.79 Å². The Bertz CT molecular complexity index is 214. The van der Waals surface area contributed by atoms with Gasteiger partial charge in [-0.2, -0.15) is 11.8 Å². The van der Waals surface area contributed by atoms with Crippen molar-refractivity contribution in [2.45, 2.75) is 45.1 Å². The molecule has 1 rings (SSSR count). The lowest BCUT2D eigenvalue weighted by Gasteiger charge is -2.32. The van der Waals surface area contributed by atoms with Gasteiger partial charge in [-0.3, -0.25) is 0 Å². The molecule has 0 heterocycles. The number of rotatable bonds is 7. The summed E-state index contributed by atoms with van der Waals surface area (Å²) in [5.74, 6) is 1.21. The fourth-order valence-corrected chi connectivity index (χ4v) is 3.13. The van der Waals surface area contributed by atoms with Gasteiger partial charge in [-0.05, 0) is 45.2 Å². The van der Waals surface area contributed by atoms with Crippen molar-refractivity contribution in [3.63, 3.8) is 0 Å². The third-order valence-corrected chi connectivity index (χ3v) is 4.55. The van der Waals surface area contributed by atoms with Crippen molar-refractivity contribution in [2.75, 3.05) is 25.6 Å². The molecule has 1 aliphatic carbocycles. The number of hydrogen-bond donors (Lipinski definition) is 0. The van der Waals surface area contributed by atoms with Gasteiger partial charge in [-0.1, -0.05) is 12.8 Å². The molecule has 2 nitrogen and oxygen atoms in total. The molecule has 1 atom stereocenters. The second-order valence-corrected chi connectivity index (χ2v) is 6.22. The normalized spacial score (nSPS) is 21.2. The minimum absolute atomic E-state index is 0.0254. The highest BCUT2D eigenvalue weighted by Crippen LogP contribution is 2.37. The lowest BCUT2D eigenvalue weighted by molar-refractivity contribution is -0.117. The average molecular weight is 243 g/mol. The van der Waals surface area contributed by atoms with Crippen molar-refractivity contribution >= 4 is 18.0 Å². The lowest BCUT2D eigenvalue weighted by atomic mass is 9.87. The van der Waals surface area contributed by atoms with Crippen molar-refractivity contribution in [3.8, 4) is 0 Å². The molecule has 0 aromatic heterocycles. The van der Waals surface area contributed by atoms with Gasteiger partial charge in [-0.15, -0.1) is 0 Å². The van der Waals surface area contributed by atoms with Gasteiger partial charge in [0.25, 0.3) is 0 Å². The molecule has 0 aromatic rings. The van der Waals surface area contributed by atoms with E-state index in [4.69, 9.17) is 0 Å². The maximum Gasteiger partial charge on any atom is 0.127 e. The van der Waals surface area contributed by atoms with Crippen LogP contribution >= 0.6 is 11.8 Å². The molecule has 1 fully saturated rings. The second-order valence-electron chi connectivity index (χ2n) is 5.23. The summed E-state index contributed by atoms with van der Waals surface area (Å²) in [6.45, 7) is 3.22. The summed E-state index contributed by atoms with van der Waals surface area (Å²) in [7, 11) is 2.16. The van der Waals surface area contributed by atoms with Gasteiger partial charge in [0, 0.05) is 18.0 Å². The van der Waals surface area contributed by atoms with Crippen LogP contribution in [-0.4, -0.2) is 42.8 Å². The zero-order valence-electron chi connectivity index (χ0n) is 10.9. The SMILES string of the molecule is CSCCC(C)N(C)CC1(C=O)CCCC1. The summed E-state index contributed by atoms with van der Waals surface area (Å²) >= 11 is 1.90. The fourth-order valence-electron chi connectivity index (χ4n) is 2.55. The molecule has 1 aliphatic rings. The van der Waals surface area contributed by atoms with E-state index in [1.807, 2.05) is 11.8 Å². The molecule has 1 saturated carbocycles. The predicted octanol–water partition coefficient (Wildman–Crippen LogP) is 2.82. The van der Waals surface area contributed by atoms with E-state index in [0.29, 0.717) is 6.04 Å². The van der Waals surface area contributed by atoms with Gasteiger partial charge < -0.3 is 9.69 Å². The first-order chi connectivity index (χ1) is 7.63. The Hall–Kier alpha value is -0.0200. The van der Waals surface area contributed by atoms with Crippen LogP contribution in [0.1, 0.15) is 39.0 Å². The first-order valence-electron chi connectivity index (χ1n) is 6.29. The Morgan fingerprint density at radius 3 is 2.56 bits per heavy atom. The van der Waals surface area contributed by atoms with E-state index in [2.05, 4.69) is 25.1 Å². The molecule has 0 aliphatic heterocycles. The topological polar surface area (TPSA) is 20.3 Å². The highest BCUT2D eigenvalue weighted by atomic mass is 32.2. The van der Waals surface area contributed by atoms with Crippen LogP contribution in [0.5, 0.6) is 0 Å². The summed E-state index contributed by atoms with van der Waals surface area (Å²) in [6.07, 6.45) is 9.23.